The number of hydrogen-bond acceptors (Lipinski definition) is 3. The molecular formula is C19H30F3N3. The number of halogens is 3. The van der Waals surface area contributed by atoms with E-state index in [4.69, 9.17) is 0 Å². The minimum atomic E-state index is -4.39. The quantitative estimate of drug-likeness (QED) is 0.717. The third-order valence-electron chi connectivity index (χ3n) is 5.00. The average Bonchev–Trinajstić information content (AvgIpc) is 2.58. The van der Waals surface area contributed by atoms with Crippen LogP contribution in [0, 0.1) is 0 Å². The largest absolute Gasteiger partial charge is 0.433 e. The van der Waals surface area contributed by atoms with E-state index in [2.05, 4.69) is 29.0 Å². The van der Waals surface area contributed by atoms with Crippen LogP contribution in [0.3, 0.4) is 0 Å². The van der Waals surface area contributed by atoms with Crippen LogP contribution in [0.25, 0.3) is 0 Å². The van der Waals surface area contributed by atoms with E-state index in [0.29, 0.717) is 17.8 Å². The predicted octanol–water partition coefficient (Wildman–Crippen LogP) is 4.90. The molecule has 1 aromatic heterocycles. The molecule has 1 aromatic rings. The lowest BCUT2D eigenvalue weighted by molar-refractivity contribution is -0.141. The molecule has 1 N–H and O–H groups in total. The van der Waals surface area contributed by atoms with Crippen molar-refractivity contribution in [1.82, 2.24) is 9.88 Å². The van der Waals surface area contributed by atoms with E-state index in [1.54, 1.807) is 0 Å². The second-order valence-electron chi connectivity index (χ2n) is 6.90. The Morgan fingerprint density at radius 1 is 1.20 bits per heavy atom. The van der Waals surface area contributed by atoms with Gasteiger partial charge in [-0.05, 0) is 76.7 Å². The van der Waals surface area contributed by atoms with Crippen molar-refractivity contribution < 1.29 is 13.2 Å². The lowest BCUT2D eigenvalue weighted by Crippen LogP contribution is -2.26. The number of nitrogens with zero attached hydrogens (tertiary/aromatic N) is 2. The summed E-state index contributed by atoms with van der Waals surface area (Å²) in [5, 5.41) is 3.33. The number of anilines is 1. The summed E-state index contributed by atoms with van der Waals surface area (Å²) in [5.41, 5.74) is 1.46. The van der Waals surface area contributed by atoms with E-state index in [-0.39, 0.29) is 6.04 Å². The van der Waals surface area contributed by atoms with Crippen molar-refractivity contribution in [2.45, 2.75) is 71.5 Å². The summed E-state index contributed by atoms with van der Waals surface area (Å²) in [7, 11) is 0. The van der Waals surface area contributed by atoms with Gasteiger partial charge in [0.05, 0.1) is 0 Å². The van der Waals surface area contributed by atoms with Crippen LogP contribution in [-0.2, 0) is 19.0 Å². The predicted molar refractivity (Wildman–Crippen MR) is 96.0 cm³/mol. The summed E-state index contributed by atoms with van der Waals surface area (Å²) in [4.78, 5) is 6.25. The van der Waals surface area contributed by atoms with E-state index in [0.717, 1.165) is 57.3 Å². The van der Waals surface area contributed by atoms with Gasteiger partial charge in [0.1, 0.15) is 5.69 Å². The minimum Gasteiger partial charge on any atom is -0.382 e. The highest BCUT2D eigenvalue weighted by Gasteiger charge is 2.34. The van der Waals surface area contributed by atoms with E-state index < -0.39 is 11.9 Å². The molecule has 0 spiro atoms. The highest BCUT2D eigenvalue weighted by molar-refractivity contribution is 5.55. The van der Waals surface area contributed by atoms with Crippen LogP contribution in [0.4, 0.5) is 18.9 Å². The summed E-state index contributed by atoms with van der Waals surface area (Å²) >= 11 is 0. The van der Waals surface area contributed by atoms with Gasteiger partial charge in [-0.25, -0.2) is 4.98 Å². The molecular weight excluding hydrogens is 327 g/mol. The molecule has 0 fully saturated rings. The van der Waals surface area contributed by atoms with Crippen molar-refractivity contribution in [1.29, 1.82) is 0 Å². The summed E-state index contributed by atoms with van der Waals surface area (Å²) in [5.74, 6) is 0. The monoisotopic (exact) mass is 357 g/mol. The first kappa shape index (κ1) is 20.0. The van der Waals surface area contributed by atoms with E-state index in [9.17, 15) is 13.2 Å². The van der Waals surface area contributed by atoms with Crippen molar-refractivity contribution >= 4 is 5.69 Å². The maximum absolute atomic E-state index is 13.1. The van der Waals surface area contributed by atoms with Gasteiger partial charge in [0, 0.05) is 17.4 Å². The molecule has 0 saturated carbocycles. The molecule has 0 amide bonds. The Labute approximate surface area is 149 Å². The fourth-order valence-corrected chi connectivity index (χ4v) is 3.48. The van der Waals surface area contributed by atoms with Crippen LogP contribution in [0.5, 0.6) is 0 Å². The van der Waals surface area contributed by atoms with Crippen molar-refractivity contribution in [2.75, 3.05) is 25.0 Å². The first-order chi connectivity index (χ1) is 11.8. The molecule has 6 heteroatoms. The van der Waals surface area contributed by atoms with Crippen molar-refractivity contribution in [3.8, 4) is 0 Å². The standard InChI is InChI=1S/C19H30F3N3/c1-4-25(5-2)12-8-9-14(3)23-17-13-18(19(20,21)22)24-16-11-7-6-10-15(16)17/h13-14H,4-12H2,1-3H3,(H,23,24). The van der Waals surface area contributed by atoms with E-state index >= 15 is 0 Å². The van der Waals surface area contributed by atoms with Gasteiger partial charge >= 0.3 is 6.18 Å². The zero-order chi connectivity index (χ0) is 18.4. The Balaban J connectivity index is 2.07. The number of fused-ring (bicyclic) bond motifs is 1. The summed E-state index contributed by atoms with van der Waals surface area (Å²) in [6.45, 7) is 9.43. The molecule has 3 nitrogen and oxygen atoms in total. The molecule has 1 aliphatic carbocycles. The number of nitrogens with one attached hydrogen (secondary N) is 1. The summed E-state index contributed by atoms with van der Waals surface area (Å²) in [6, 6.07) is 1.34. The van der Waals surface area contributed by atoms with Gasteiger partial charge in [-0.15, -0.1) is 0 Å². The lowest BCUT2D eigenvalue weighted by Gasteiger charge is -2.25. The number of alkyl halides is 3. The van der Waals surface area contributed by atoms with Crippen LogP contribution in [0.1, 0.15) is 63.4 Å². The third kappa shape index (κ3) is 5.59. The molecule has 1 heterocycles. The second kappa shape index (κ2) is 8.88. The molecule has 0 aliphatic heterocycles. The van der Waals surface area contributed by atoms with Crippen LogP contribution < -0.4 is 5.32 Å². The molecule has 2 rings (SSSR count). The fourth-order valence-electron chi connectivity index (χ4n) is 3.48. The van der Waals surface area contributed by atoms with Crippen molar-refractivity contribution in [3.63, 3.8) is 0 Å². The first-order valence-electron chi connectivity index (χ1n) is 9.44. The maximum atomic E-state index is 13.1. The third-order valence-corrected chi connectivity index (χ3v) is 5.00. The Bertz CT molecular complexity index is 554. The Morgan fingerprint density at radius 2 is 1.88 bits per heavy atom. The van der Waals surface area contributed by atoms with Gasteiger partial charge in [-0.2, -0.15) is 13.2 Å². The van der Waals surface area contributed by atoms with Gasteiger partial charge < -0.3 is 10.2 Å². The van der Waals surface area contributed by atoms with Gasteiger partial charge in [0.2, 0.25) is 0 Å². The van der Waals surface area contributed by atoms with Crippen molar-refractivity contribution in [2.24, 2.45) is 0 Å². The van der Waals surface area contributed by atoms with Gasteiger partial charge in [-0.1, -0.05) is 13.8 Å². The summed E-state index contributed by atoms with van der Waals surface area (Å²) < 4.78 is 39.4. The Hall–Kier alpha value is -1.30. The molecule has 0 bridgehead atoms. The van der Waals surface area contributed by atoms with E-state index in [1.807, 2.05) is 6.92 Å². The van der Waals surface area contributed by atoms with E-state index in [1.165, 1.54) is 6.07 Å². The van der Waals surface area contributed by atoms with Crippen LogP contribution in [0.2, 0.25) is 0 Å². The maximum Gasteiger partial charge on any atom is 0.433 e. The van der Waals surface area contributed by atoms with Gasteiger partial charge in [0.25, 0.3) is 0 Å². The smallest absolute Gasteiger partial charge is 0.382 e. The number of pyridine rings is 1. The molecule has 0 saturated heterocycles. The molecule has 1 unspecified atom stereocenters. The molecule has 1 atom stereocenters. The van der Waals surface area contributed by atoms with Gasteiger partial charge in [-0.3, -0.25) is 0 Å². The lowest BCUT2D eigenvalue weighted by atomic mass is 9.93. The van der Waals surface area contributed by atoms with Crippen LogP contribution in [0.15, 0.2) is 6.07 Å². The number of hydrogen-bond donors (Lipinski definition) is 1. The van der Waals surface area contributed by atoms with Gasteiger partial charge in [0.15, 0.2) is 0 Å². The highest BCUT2D eigenvalue weighted by Crippen LogP contribution is 2.35. The first-order valence-corrected chi connectivity index (χ1v) is 9.44. The minimum absolute atomic E-state index is 0.144. The molecule has 0 radical (unpaired) electrons. The van der Waals surface area contributed by atoms with Crippen molar-refractivity contribution in [3.05, 3.63) is 23.0 Å². The zero-order valence-corrected chi connectivity index (χ0v) is 15.5. The highest BCUT2D eigenvalue weighted by atomic mass is 19.4. The normalized spacial score (nSPS) is 16.0. The SMILES string of the molecule is CCN(CC)CCCC(C)Nc1cc(C(F)(F)F)nc2c1CCCC2. The van der Waals surface area contributed by atoms with Crippen LogP contribution in [-0.4, -0.2) is 35.6 Å². The molecule has 142 valence electrons. The molecule has 1 aliphatic rings. The molecule has 25 heavy (non-hydrogen) atoms. The number of aromatic nitrogens is 1. The summed E-state index contributed by atoms with van der Waals surface area (Å²) in [6.07, 6.45) is 0.976. The number of aryl methyl sites for hydroxylation is 1. The Morgan fingerprint density at radius 3 is 2.52 bits per heavy atom. The topological polar surface area (TPSA) is 28.2 Å². The Kier molecular flexibility index (Phi) is 7.11. The second-order valence-corrected chi connectivity index (χ2v) is 6.90. The zero-order valence-electron chi connectivity index (χ0n) is 15.5. The fraction of sp³-hybridized carbons (Fsp3) is 0.737. The average molecular weight is 357 g/mol. The number of rotatable bonds is 8. The van der Waals surface area contributed by atoms with Crippen LogP contribution >= 0.6 is 0 Å². The molecule has 0 aromatic carbocycles.